The van der Waals surface area contributed by atoms with Crippen molar-refractivity contribution >= 4 is 34.5 Å². The van der Waals surface area contributed by atoms with Crippen molar-refractivity contribution in [1.29, 1.82) is 0 Å². The first kappa shape index (κ1) is 17.1. The maximum Gasteiger partial charge on any atom is 0.256 e. The van der Waals surface area contributed by atoms with Gasteiger partial charge in [0, 0.05) is 17.5 Å². The van der Waals surface area contributed by atoms with Gasteiger partial charge in [-0.2, -0.15) is 0 Å². The molecule has 0 saturated carbocycles. The fourth-order valence-corrected chi connectivity index (χ4v) is 3.42. The van der Waals surface area contributed by atoms with Crippen LogP contribution in [0.5, 0.6) is 5.75 Å². The number of nitrogens with zero attached hydrogens (tertiary/aromatic N) is 2. The first-order valence-electron chi connectivity index (χ1n) is 8.31. The van der Waals surface area contributed by atoms with E-state index < -0.39 is 0 Å². The van der Waals surface area contributed by atoms with Gasteiger partial charge in [0.25, 0.3) is 5.91 Å². The summed E-state index contributed by atoms with van der Waals surface area (Å²) in [6.45, 7) is 0. The zero-order valence-electron chi connectivity index (χ0n) is 14.2. The van der Waals surface area contributed by atoms with Crippen molar-refractivity contribution in [2.75, 3.05) is 5.32 Å². The average molecular weight is 376 g/mol. The van der Waals surface area contributed by atoms with Crippen molar-refractivity contribution in [2.24, 2.45) is 0 Å². The summed E-state index contributed by atoms with van der Waals surface area (Å²) in [7, 11) is 0. The minimum absolute atomic E-state index is 0.0651. The molecule has 2 heterocycles. The smallest absolute Gasteiger partial charge is 0.256 e. The van der Waals surface area contributed by atoms with Gasteiger partial charge in [0.05, 0.1) is 11.0 Å². The van der Waals surface area contributed by atoms with Crippen LogP contribution < -0.4 is 5.32 Å². The van der Waals surface area contributed by atoms with E-state index in [1.807, 2.05) is 36.4 Å². The van der Waals surface area contributed by atoms with Gasteiger partial charge < -0.3 is 15.4 Å². The molecule has 0 aliphatic carbocycles. The van der Waals surface area contributed by atoms with Crippen molar-refractivity contribution < 1.29 is 9.90 Å². The highest BCUT2D eigenvalue weighted by Gasteiger charge is 2.10. The van der Waals surface area contributed by atoms with Crippen molar-refractivity contribution in [3.05, 3.63) is 78.0 Å². The van der Waals surface area contributed by atoms with Gasteiger partial charge in [-0.05, 0) is 42.0 Å². The molecule has 2 aromatic carbocycles. The van der Waals surface area contributed by atoms with Crippen LogP contribution in [-0.2, 0) is 5.75 Å². The third kappa shape index (κ3) is 3.93. The minimum Gasteiger partial charge on any atom is -0.504 e. The number of rotatable bonds is 5. The molecule has 0 aliphatic rings. The number of thioether (sulfide) groups is 1. The van der Waals surface area contributed by atoms with Gasteiger partial charge in [0.15, 0.2) is 16.7 Å². The molecule has 0 aliphatic heterocycles. The number of pyridine rings is 1. The Hall–Kier alpha value is -3.32. The Kier molecular flexibility index (Phi) is 4.76. The van der Waals surface area contributed by atoms with Crippen molar-refractivity contribution in [3.8, 4) is 5.75 Å². The molecule has 4 rings (SSSR count). The molecule has 4 aromatic rings. The number of aromatic amines is 1. The quantitative estimate of drug-likeness (QED) is 0.454. The third-order valence-corrected chi connectivity index (χ3v) is 4.92. The Labute approximate surface area is 159 Å². The largest absolute Gasteiger partial charge is 0.504 e. The lowest BCUT2D eigenvalue weighted by molar-refractivity contribution is 0.102. The maximum absolute atomic E-state index is 12.3. The van der Waals surface area contributed by atoms with E-state index in [9.17, 15) is 9.90 Å². The highest BCUT2D eigenvalue weighted by atomic mass is 32.2. The van der Waals surface area contributed by atoms with Crippen LogP contribution in [0.15, 0.2) is 72.0 Å². The van der Waals surface area contributed by atoms with Crippen molar-refractivity contribution in [2.45, 2.75) is 10.9 Å². The van der Waals surface area contributed by atoms with E-state index in [0.29, 0.717) is 5.56 Å². The maximum atomic E-state index is 12.3. The predicted molar refractivity (Wildman–Crippen MR) is 106 cm³/mol. The second-order valence-corrected chi connectivity index (χ2v) is 6.83. The monoisotopic (exact) mass is 376 g/mol. The average Bonchev–Trinajstić information content (AvgIpc) is 3.11. The van der Waals surface area contributed by atoms with E-state index in [0.717, 1.165) is 27.5 Å². The van der Waals surface area contributed by atoms with E-state index in [4.69, 9.17) is 0 Å². The van der Waals surface area contributed by atoms with Crippen LogP contribution in [0.4, 0.5) is 5.82 Å². The molecule has 0 unspecified atom stereocenters. The second kappa shape index (κ2) is 7.51. The highest BCUT2D eigenvalue weighted by Crippen LogP contribution is 2.23. The van der Waals surface area contributed by atoms with Gasteiger partial charge in [-0.1, -0.05) is 36.0 Å². The molecule has 27 heavy (non-hydrogen) atoms. The molecule has 0 fully saturated rings. The molecule has 0 bridgehead atoms. The molecule has 0 radical (unpaired) electrons. The third-order valence-electron chi connectivity index (χ3n) is 3.98. The number of nitrogens with one attached hydrogen (secondary N) is 2. The summed E-state index contributed by atoms with van der Waals surface area (Å²) in [6, 6.07) is 18.3. The summed E-state index contributed by atoms with van der Waals surface area (Å²) in [5, 5.41) is 13.2. The molecule has 0 atom stereocenters. The van der Waals surface area contributed by atoms with E-state index in [1.54, 1.807) is 30.0 Å². The fourth-order valence-electron chi connectivity index (χ4n) is 2.57. The summed E-state index contributed by atoms with van der Waals surface area (Å²) in [4.78, 5) is 24.0. The van der Waals surface area contributed by atoms with E-state index in [1.165, 1.54) is 12.3 Å². The predicted octanol–water partition coefficient (Wildman–Crippen LogP) is 4.21. The zero-order valence-corrected chi connectivity index (χ0v) is 15.0. The minimum atomic E-state index is -0.319. The summed E-state index contributed by atoms with van der Waals surface area (Å²) < 4.78 is 0. The highest BCUT2D eigenvalue weighted by molar-refractivity contribution is 7.98. The molecular formula is C20H16N4O2S. The summed E-state index contributed by atoms with van der Waals surface area (Å²) in [6.07, 6.45) is 1.51. The summed E-state index contributed by atoms with van der Waals surface area (Å²) >= 11 is 1.61. The molecule has 1 amide bonds. The van der Waals surface area contributed by atoms with Gasteiger partial charge in [-0.15, -0.1) is 0 Å². The Balaban J connectivity index is 1.39. The number of amides is 1. The summed E-state index contributed by atoms with van der Waals surface area (Å²) in [5.74, 6) is 0.500. The number of aromatic nitrogens is 3. The molecular weight excluding hydrogens is 360 g/mol. The van der Waals surface area contributed by atoms with Gasteiger partial charge in [-0.25, -0.2) is 9.97 Å². The van der Waals surface area contributed by atoms with E-state index >= 15 is 0 Å². The van der Waals surface area contributed by atoms with Crippen LogP contribution in [0.3, 0.4) is 0 Å². The second-order valence-electron chi connectivity index (χ2n) is 5.87. The number of para-hydroxylation sites is 2. The number of carbonyl (C=O) groups is 1. The molecule has 2 aromatic heterocycles. The van der Waals surface area contributed by atoms with E-state index in [2.05, 4.69) is 20.3 Å². The lowest BCUT2D eigenvalue weighted by Gasteiger charge is -2.06. The molecule has 7 heteroatoms. The standard InChI is InChI=1S/C20H16N4O2S/c25-17-6-3-11-21-18(17)24-19(26)14-9-7-13(8-10-14)12-27-20-22-15-4-1-2-5-16(15)23-20/h1-11,25H,12H2,(H,22,23)(H,21,24,26). The lowest BCUT2D eigenvalue weighted by atomic mass is 10.1. The number of carbonyl (C=O) groups excluding carboxylic acids is 1. The fraction of sp³-hybridized carbons (Fsp3) is 0.0500. The van der Waals surface area contributed by atoms with Crippen LogP contribution in [-0.4, -0.2) is 26.0 Å². The number of benzene rings is 2. The van der Waals surface area contributed by atoms with Gasteiger partial charge in [0.1, 0.15) is 0 Å². The molecule has 0 spiro atoms. The van der Waals surface area contributed by atoms with Crippen LogP contribution in [0.25, 0.3) is 11.0 Å². The number of H-pyrrole nitrogens is 1. The number of anilines is 1. The van der Waals surface area contributed by atoms with Crippen LogP contribution in [0, 0.1) is 0 Å². The van der Waals surface area contributed by atoms with Crippen LogP contribution >= 0.6 is 11.8 Å². The van der Waals surface area contributed by atoms with Gasteiger partial charge in [0.2, 0.25) is 0 Å². The molecule has 134 valence electrons. The van der Waals surface area contributed by atoms with Crippen LogP contribution in [0.2, 0.25) is 0 Å². The number of hydrogen-bond donors (Lipinski definition) is 3. The van der Waals surface area contributed by atoms with Crippen molar-refractivity contribution in [1.82, 2.24) is 15.0 Å². The zero-order chi connectivity index (χ0) is 18.6. The molecule has 0 saturated heterocycles. The molecule has 6 nitrogen and oxygen atoms in total. The normalized spacial score (nSPS) is 10.8. The van der Waals surface area contributed by atoms with Gasteiger partial charge in [-0.3, -0.25) is 4.79 Å². The topological polar surface area (TPSA) is 90.9 Å². The van der Waals surface area contributed by atoms with Crippen LogP contribution in [0.1, 0.15) is 15.9 Å². The number of hydrogen-bond acceptors (Lipinski definition) is 5. The Bertz CT molecular complexity index is 1060. The lowest BCUT2D eigenvalue weighted by Crippen LogP contribution is -2.12. The molecule has 3 N–H and O–H groups in total. The Morgan fingerprint density at radius 3 is 2.67 bits per heavy atom. The number of aromatic hydroxyl groups is 1. The first-order valence-corrected chi connectivity index (χ1v) is 9.29. The Morgan fingerprint density at radius 1 is 1.07 bits per heavy atom. The first-order chi connectivity index (χ1) is 13.2. The number of imidazole rings is 1. The Morgan fingerprint density at radius 2 is 1.89 bits per heavy atom. The number of fused-ring (bicyclic) bond motifs is 1. The van der Waals surface area contributed by atoms with E-state index in [-0.39, 0.29) is 17.5 Å². The van der Waals surface area contributed by atoms with Crippen molar-refractivity contribution in [3.63, 3.8) is 0 Å². The SMILES string of the molecule is O=C(Nc1ncccc1O)c1ccc(CSc2nc3ccccc3[nH]2)cc1. The summed E-state index contributed by atoms with van der Waals surface area (Å²) in [5.41, 5.74) is 3.55. The van der Waals surface area contributed by atoms with Gasteiger partial charge >= 0.3 is 0 Å².